The number of benzene rings is 2. The largest absolute Gasteiger partial charge is 0.497 e. The van der Waals surface area contributed by atoms with Gasteiger partial charge in [-0.2, -0.15) is 0 Å². The molecule has 0 saturated carbocycles. The lowest BCUT2D eigenvalue weighted by atomic mass is 10.1. The Balaban J connectivity index is 1.90. The van der Waals surface area contributed by atoms with Crippen molar-refractivity contribution >= 4 is 29.1 Å². The molecule has 1 N–H and O–H groups in total. The van der Waals surface area contributed by atoms with E-state index in [-0.39, 0.29) is 0 Å². The fourth-order valence-electron chi connectivity index (χ4n) is 2.10. The molecule has 1 aromatic heterocycles. The number of hydrogen-bond donors (Lipinski definition) is 1. The predicted octanol–water partition coefficient (Wildman–Crippen LogP) is 3.84. The van der Waals surface area contributed by atoms with Crippen LogP contribution in [0.15, 0.2) is 46.5 Å². The van der Waals surface area contributed by atoms with Crippen LogP contribution >= 0.6 is 11.8 Å². The second-order valence-electron chi connectivity index (χ2n) is 4.66. The van der Waals surface area contributed by atoms with Crippen LogP contribution in [-0.4, -0.2) is 23.4 Å². The molecule has 0 aliphatic heterocycles. The number of imidazole rings is 1. The zero-order valence-electron chi connectivity index (χ0n) is 11.7. The van der Waals surface area contributed by atoms with E-state index in [1.165, 1.54) is 11.8 Å². The Kier molecular flexibility index (Phi) is 3.66. The summed E-state index contributed by atoms with van der Waals surface area (Å²) in [5, 5.41) is 0.816. The maximum Gasteiger partial charge on any atom is 0.171 e. The Bertz CT molecular complexity index is 811. The van der Waals surface area contributed by atoms with Gasteiger partial charge >= 0.3 is 0 Å². The summed E-state index contributed by atoms with van der Waals surface area (Å²) in [4.78, 5) is 19.7. The number of hydrogen-bond acceptors (Lipinski definition) is 4. The molecule has 5 heteroatoms. The molecule has 0 spiro atoms. The van der Waals surface area contributed by atoms with Gasteiger partial charge < -0.3 is 9.72 Å². The minimum absolute atomic E-state index is 0.716. The highest BCUT2D eigenvalue weighted by atomic mass is 32.2. The van der Waals surface area contributed by atoms with E-state index in [9.17, 15) is 4.79 Å². The molecule has 0 radical (unpaired) electrons. The highest BCUT2D eigenvalue weighted by Gasteiger charge is 2.07. The first-order valence-corrected chi connectivity index (χ1v) is 7.28. The molecule has 106 valence electrons. The van der Waals surface area contributed by atoms with Gasteiger partial charge in [-0.15, -0.1) is 0 Å². The molecule has 3 aromatic rings. The third-order valence-electron chi connectivity index (χ3n) is 3.25. The fraction of sp³-hybridized carbons (Fsp3) is 0.125. The van der Waals surface area contributed by atoms with E-state index in [1.54, 1.807) is 7.11 Å². The summed E-state index contributed by atoms with van der Waals surface area (Å²) in [5.41, 5.74) is 3.53. The summed E-state index contributed by atoms with van der Waals surface area (Å²) >= 11 is 1.54. The minimum atomic E-state index is 0.716. The van der Waals surface area contributed by atoms with Gasteiger partial charge in [0.15, 0.2) is 5.16 Å². The number of aromatic nitrogens is 2. The molecular formula is C16H14N2O2S. The lowest BCUT2D eigenvalue weighted by Crippen LogP contribution is -1.86. The first-order chi connectivity index (χ1) is 10.2. The van der Waals surface area contributed by atoms with E-state index in [0.29, 0.717) is 5.56 Å². The number of H-pyrrole nitrogens is 1. The van der Waals surface area contributed by atoms with Gasteiger partial charge in [0, 0.05) is 16.5 Å². The number of fused-ring (bicyclic) bond motifs is 1. The van der Waals surface area contributed by atoms with Crippen LogP contribution in [0.5, 0.6) is 5.75 Å². The number of aldehydes is 1. The van der Waals surface area contributed by atoms with Crippen LogP contribution in [0.3, 0.4) is 0 Å². The lowest BCUT2D eigenvalue weighted by molar-refractivity contribution is 0.112. The first-order valence-electron chi connectivity index (χ1n) is 6.47. The molecule has 0 fully saturated rings. The first kappa shape index (κ1) is 13.7. The maximum atomic E-state index is 10.8. The van der Waals surface area contributed by atoms with Crippen LogP contribution in [0.4, 0.5) is 0 Å². The van der Waals surface area contributed by atoms with Crippen LogP contribution in [-0.2, 0) is 0 Å². The second kappa shape index (κ2) is 5.61. The summed E-state index contributed by atoms with van der Waals surface area (Å²) in [6.07, 6.45) is 0.872. The van der Waals surface area contributed by atoms with Crippen LogP contribution < -0.4 is 4.74 Å². The van der Waals surface area contributed by atoms with E-state index in [2.05, 4.69) is 9.97 Å². The molecule has 0 aliphatic carbocycles. The Morgan fingerprint density at radius 3 is 2.81 bits per heavy atom. The molecule has 0 atom stereocenters. The van der Waals surface area contributed by atoms with Crippen LogP contribution in [0.2, 0.25) is 0 Å². The number of nitrogens with one attached hydrogen (secondary N) is 1. The van der Waals surface area contributed by atoms with E-state index in [0.717, 1.165) is 38.7 Å². The van der Waals surface area contributed by atoms with Gasteiger partial charge in [0.1, 0.15) is 12.0 Å². The number of nitrogens with zero attached hydrogens (tertiary/aromatic N) is 1. The molecular weight excluding hydrogens is 284 g/mol. The van der Waals surface area contributed by atoms with E-state index >= 15 is 0 Å². The van der Waals surface area contributed by atoms with Crippen molar-refractivity contribution in [2.24, 2.45) is 0 Å². The normalized spacial score (nSPS) is 10.8. The number of aromatic amines is 1. The number of carbonyl (C=O) groups is 1. The molecule has 0 bridgehead atoms. The number of rotatable bonds is 4. The van der Waals surface area contributed by atoms with Gasteiger partial charge in [-0.05, 0) is 36.8 Å². The average molecular weight is 298 g/mol. The van der Waals surface area contributed by atoms with Crippen molar-refractivity contribution in [3.05, 3.63) is 47.5 Å². The van der Waals surface area contributed by atoms with Crippen molar-refractivity contribution in [2.45, 2.75) is 17.0 Å². The lowest BCUT2D eigenvalue weighted by Gasteiger charge is -2.02. The smallest absolute Gasteiger partial charge is 0.171 e. The third-order valence-corrected chi connectivity index (χ3v) is 4.13. The number of ether oxygens (including phenoxy) is 1. The summed E-state index contributed by atoms with van der Waals surface area (Å²) in [6.45, 7) is 1.93. The Morgan fingerprint density at radius 2 is 2.10 bits per heavy atom. The molecule has 0 saturated heterocycles. The van der Waals surface area contributed by atoms with Crippen molar-refractivity contribution < 1.29 is 9.53 Å². The fourth-order valence-corrected chi connectivity index (χ4v) is 3.00. The molecule has 0 amide bonds. The van der Waals surface area contributed by atoms with E-state index in [1.807, 2.05) is 43.3 Å². The van der Waals surface area contributed by atoms with Gasteiger partial charge in [-0.1, -0.05) is 17.8 Å². The highest BCUT2D eigenvalue weighted by molar-refractivity contribution is 7.99. The van der Waals surface area contributed by atoms with Crippen LogP contribution in [0.1, 0.15) is 15.9 Å². The molecule has 21 heavy (non-hydrogen) atoms. The topological polar surface area (TPSA) is 55.0 Å². The van der Waals surface area contributed by atoms with Crippen molar-refractivity contribution in [1.82, 2.24) is 9.97 Å². The van der Waals surface area contributed by atoms with Crippen LogP contribution in [0.25, 0.3) is 11.0 Å². The molecule has 4 nitrogen and oxygen atoms in total. The Hall–Kier alpha value is -2.27. The average Bonchev–Trinajstić information content (AvgIpc) is 2.88. The molecule has 0 unspecified atom stereocenters. The standard InChI is InChI=1S/C16H14N2O2S/c1-10-7-13(5-3-11(10)9-19)21-16-17-14-6-4-12(20-2)8-15(14)18-16/h3-9H,1-2H3,(H,17,18). The summed E-state index contributed by atoms with van der Waals surface area (Å²) in [5.74, 6) is 0.800. The van der Waals surface area contributed by atoms with E-state index in [4.69, 9.17) is 4.74 Å². The third kappa shape index (κ3) is 2.78. The summed E-state index contributed by atoms with van der Waals surface area (Å²) in [6, 6.07) is 11.5. The SMILES string of the molecule is COc1ccc2nc(Sc3ccc(C=O)c(C)c3)[nH]c2c1. The molecule has 2 aromatic carbocycles. The number of aryl methyl sites for hydroxylation is 1. The number of carbonyl (C=O) groups excluding carboxylic acids is 1. The summed E-state index contributed by atoms with van der Waals surface area (Å²) in [7, 11) is 1.64. The zero-order valence-corrected chi connectivity index (χ0v) is 12.5. The quantitative estimate of drug-likeness (QED) is 0.743. The maximum absolute atomic E-state index is 10.8. The van der Waals surface area contributed by atoms with Gasteiger partial charge in [0.2, 0.25) is 0 Å². The van der Waals surface area contributed by atoms with E-state index < -0.39 is 0 Å². The summed E-state index contributed by atoms with van der Waals surface area (Å²) < 4.78 is 5.20. The zero-order chi connectivity index (χ0) is 14.8. The van der Waals surface area contributed by atoms with Crippen molar-refractivity contribution in [3.8, 4) is 5.75 Å². The van der Waals surface area contributed by atoms with Crippen LogP contribution in [0, 0.1) is 6.92 Å². The number of methoxy groups -OCH3 is 1. The Labute approximate surface area is 126 Å². The van der Waals surface area contributed by atoms with Gasteiger partial charge in [-0.25, -0.2) is 4.98 Å². The van der Waals surface area contributed by atoms with Gasteiger partial charge in [-0.3, -0.25) is 4.79 Å². The highest BCUT2D eigenvalue weighted by Crippen LogP contribution is 2.29. The molecule has 1 heterocycles. The van der Waals surface area contributed by atoms with Crippen molar-refractivity contribution in [1.29, 1.82) is 0 Å². The molecule has 3 rings (SSSR count). The Morgan fingerprint density at radius 1 is 1.24 bits per heavy atom. The molecule has 0 aliphatic rings. The van der Waals surface area contributed by atoms with Gasteiger partial charge in [0.05, 0.1) is 18.1 Å². The van der Waals surface area contributed by atoms with Gasteiger partial charge in [0.25, 0.3) is 0 Å². The monoisotopic (exact) mass is 298 g/mol. The predicted molar refractivity (Wildman–Crippen MR) is 83.3 cm³/mol. The second-order valence-corrected chi connectivity index (χ2v) is 5.73. The minimum Gasteiger partial charge on any atom is -0.497 e. The van der Waals surface area contributed by atoms with Crippen molar-refractivity contribution in [3.63, 3.8) is 0 Å². The van der Waals surface area contributed by atoms with Crippen molar-refractivity contribution in [2.75, 3.05) is 7.11 Å².